The van der Waals surface area contributed by atoms with Crippen molar-refractivity contribution in [3.05, 3.63) is 34.2 Å². The molecule has 1 heterocycles. The monoisotopic (exact) mass is 223 g/mol. The standard InChI is InChI=1S/C11H13NO2S/c13-11(14)4-6-12-9-2-1-3-10-8(9)5-7-15-10/h4-7,9,12H,1-3H2,(H,13,14)/b6-4+. The molecule has 1 unspecified atom stereocenters. The molecule has 0 aliphatic heterocycles. The number of nitrogens with one attached hydrogen (secondary N) is 1. The van der Waals surface area contributed by atoms with Crippen LogP contribution in [0.4, 0.5) is 0 Å². The molecule has 0 saturated carbocycles. The first-order valence-corrected chi connectivity index (χ1v) is 5.87. The van der Waals surface area contributed by atoms with E-state index in [-0.39, 0.29) is 6.04 Å². The normalized spacial score (nSPS) is 20.1. The van der Waals surface area contributed by atoms with Crippen molar-refractivity contribution in [1.82, 2.24) is 5.32 Å². The molecule has 0 radical (unpaired) electrons. The van der Waals surface area contributed by atoms with Crippen molar-refractivity contribution in [3.63, 3.8) is 0 Å². The molecule has 0 aromatic carbocycles. The van der Waals surface area contributed by atoms with Crippen LogP contribution in [0.25, 0.3) is 0 Å². The van der Waals surface area contributed by atoms with E-state index in [1.54, 1.807) is 11.3 Å². The molecular weight excluding hydrogens is 210 g/mol. The van der Waals surface area contributed by atoms with E-state index in [0.29, 0.717) is 0 Å². The van der Waals surface area contributed by atoms with Crippen LogP contribution < -0.4 is 5.32 Å². The minimum Gasteiger partial charge on any atom is -0.478 e. The van der Waals surface area contributed by atoms with Crippen LogP contribution in [0.5, 0.6) is 0 Å². The summed E-state index contributed by atoms with van der Waals surface area (Å²) in [4.78, 5) is 11.7. The SMILES string of the molecule is O=C(O)/C=C/NC1CCCc2sccc21. The summed E-state index contributed by atoms with van der Waals surface area (Å²) in [6.45, 7) is 0. The molecule has 4 heteroatoms. The van der Waals surface area contributed by atoms with Gasteiger partial charge in [-0.05, 0) is 36.3 Å². The lowest BCUT2D eigenvalue weighted by Crippen LogP contribution is -2.19. The van der Waals surface area contributed by atoms with Crippen molar-refractivity contribution in [2.45, 2.75) is 25.3 Å². The summed E-state index contributed by atoms with van der Waals surface area (Å²) >= 11 is 1.79. The molecule has 2 N–H and O–H groups in total. The van der Waals surface area contributed by atoms with Gasteiger partial charge in [0.05, 0.1) is 6.04 Å². The molecule has 1 aliphatic carbocycles. The van der Waals surface area contributed by atoms with Crippen molar-refractivity contribution in [1.29, 1.82) is 0 Å². The Bertz CT molecular complexity index is 384. The molecule has 1 aromatic heterocycles. The van der Waals surface area contributed by atoms with Gasteiger partial charge in [0.15, 0.2) is 0 Å². The summed E-state index contributed by atoms with van der Waals surface area (Å²) in [7, 11) is 0. The number of carboxylic acid groups (broad SMARTS) is 1. The summed E-state index contributed by atoms with van der Waals surface area (Å²) in [5.41, 5.74) is 1.33. The summed E-state index contributed by atoms with van der Waals surface area (Å²) < 4.78 is 0. The van der Waals surface area contributed by atoms with Crippen molar-refractivity contribution >= 4 is 17.3 Å². The number of hydrogen-bond donors (Lipinski definition) is 2. The molecular formula is C11H13NO2S. The number of thiophene rings is 1. The molecule has 0 bridgehead atoms. The van der Waals surface area contributed by atoms with Crippen molar-refractivity contribution < 1.29 is 9.90 Å². The van der Waals surface area contributed by atoms with E-state index in [1.807, 2.05) is 0 Å². The Hall–Kier alpha value is -1.29. The number of fused-ring (bicyclic) bond motifs is 1. The van der Waals surface area contributed by atoms with E-state index >= 15 is 0 Å². The highest BCUT2D eigenvalue weighted by Gasteiger charge is 2.19. The number of hydrogen-bond acceptors (Lipinski definition) is 3. The second-order valence-corrected chi connectivity index (χ2v) is 4.58. The third kappa shape index (κ3) is 2.39. The van der Waals surface area contributed by atoms with Gasteiger partial charge in [-0.1, -0.05) is 0 Å². The van der Waals surface area contributed by atoms with Crippen LogP contribution in [-0.4, -0.2) is 11.1 Å². The smallest absolute Gasteiger partial charge is 0.329 e. The topological polar surface area (TPSA) is 49.3 Å². The van der Waals surface area contributed by atoms with Gasteiger partial charge in [-0.25, -0.2) is 4.79 Å². The minimum absolute atomic E-state index is 0.288. The molecule has 0 amide bonds. The Labute approximate surface area is 92.4 Å². The molecule has 0 spiro atoms. The highest BCUT2D eigenvalue weighted by molar-refractivity contribution is 7.10. The summed E-state index contributed by atoms with van der Waals surface area (Å²) in [5.74, 6) is -0.913. The number of aryl methyl sites for hydroxylation is 1. The predicted octanol–water partition coefficient (Wildman–Crippen LogP) is 2.31. The number of carbonyl (C=O) groups is 1. The number of carboxylic acids is 1. The Kier molecular flexibility index (Phi) is 3.06. The van der Waals surface area contributed by atoms with Crippen LogP contribution in [-0.2, 0) is 11.2 Å². The molecule has 0 fully saturated rings. The van der Waals surface area contributed by atoms with Gasteiger partial charge in [-0.3, -0.25) is 0 Å². The quantitative estimate of drug-likeness (QED) is 0.773. The highest BCUT2D eigenvalue weighted by atomic mass is 32.1. The average molecular weight is 223 g/mol. The van der Waals surface area contributed by atoms with Gasteiger partial charge in [0.25, 0.3) is 0 Å². The van der Waals surface area contributed by atoms with Crippen LogP contribution in [0.3, 0.4) is 0 Å². The molecule has 15 heavy (non-hydrogen) atoms. The molecule has 2 rings (SSSR count). The zero-order valence-electron chi connectivity index (χ0n) is 8.27. The molecule has 0 saturated heterocycles. The van der Waals surface area contributed by atoms with E-state index in [4.69, 9.17) is 5.11 Å². The molecule has 80 valence electrons. The van der Waals surface area contributed by atoms with Gasteiger partial charge in [0.1, 0.15) is 0 Å². The van der Waals surface area contributed by atoms with E-state index in [2.05, 4.69) is 16.8 Å². The third-order valence-electron chi connectivity index (χ3n) is 2.58. The Morgan fingerprint density at radius 2 is 2.53 bits per heavy atom. The van der Waals surface area contributed by atoms with Crippen LogP contribution in [0.2, 0.25) is 0 Å². The van der Waals surface area contributed by atoms with Gasteiger partial charge in [-0.2, -0.15) is 0 Å². The summed E-state index contributed by atoms with van der Waals surface area (Å²) in [6, 6.07) is 2.42. The van der Waals surface area contributed by atoms with Crippen molar-refractivity contribution in [2.75, 3.05) is 0 Å². The number of rotatable bonds is 3. The molecule has 3 nitrogen and oxygen atoms in total. The average Bonchev–Trinajstić information content (AvgIpc) is 2.65. The molecule has 1 atom stereocenters. The predicted molar refractivity (Wildman–Crippen MR) is 59.9 cm³/mol. The zero-order valence-corrected chi connectivity index (χ0v) is 9.09. The lowest BCUT2D eigenvalue weighted by Gasteiger charge is -2.22. The molecule has 1 aromatic rings. The Balaban J connectivity index is 2.03. The lowest BCUT2D eigenvalue weighted by atomic mass is 9.94. The third-order valence-corrected chi connectivity index (χ3v) is 3.57. The number of aliphatic carboxylic acids is 1. The largest absolute Gasteiger partial charge is 0.478 e. The first-order chi connectivity index (χ1) is 7.27. The van der Waals surface area contributed by atoms with Crippen LogP contribution in [0.15, 0.2) is 23.7 Å². The van der Waals surface area contributed by atoms with E-state index in [1.165, 1.54) is 23.1 Å². The van der Waals surface area contributed by atoms with Gasteiger partial charge in [0, 0.05) is 17.2 Å². The van der Waals surface area contributed by atoms with Crippen LogP contribution in [0, 0.1) is 0 Å². The fourth-order valence-corrected chi connectivity index (χ4v) is 2.88. The van der Waals surface area contributed by atoms with E-state index in [0.717, 1.165) is 18.9 Å². The first kappa shape index (κ1) is 10.2. The van der Waals surface area contributed by atoms with E-state index in [9.17, 15) is 4.79 Å². The van der Waals surface area contributed by atoms with Crippen LogP contribution in [0.1, 0.15) is 29.3 Å². The van der Waals surface area contributed by atoms with Crippen molar-refractivity contribution in [2.24, 2.45) is 0 Å². The van der Waals surface area contributed by atoms with Gasteiger partial charge >= 0.3 is 5.97 Å². The first-order valence-electron chi connectivity index (χ1n) is 4.99. The fourth-order valence-electron chi connectivity index (χ4n) is 1.90. The lowest BCUT2D eigenvalue weighted by molar-refractivity contribution is -0.131. The maximum atomic E-state index is 10.3. The van der Waals surface area contributed by atoms with Crippen LogP contribution >= 0.6 is 11.3 Å². The summed E-state index contributed by atoms with van der Waals surface area (Å²) in [5, 5.41) is 13.7. The Morgan fingerprint density at radius 1 is 1.67 bits per heavy atom. The van der Waals surface area contributed by atoms with Gasteiger partial charge in [-0.15, -0.1) is 11.3 Å². The maximum Gasteiger partial charge on any atom is 0.329 e. The Morgan fingerprint density at radius 3 is 3.33 bits per heavy atom. The highest BCUT2D eigenvalue weighted by Crippen LogP contribution is 2.33. The van der Waals surface area contributed by atoms with Gasteiger partial charge < -0.3 is 10.4 Å². The van der Waals surface area contributed by atoms with E-state index < -0.39 is 5.97 Å². The van der Waals surface area contributed by atoms with Crippen molar-refractivity contribution in [3.8, 4) is 0 Å². The maximum absolute atomic E-state index is 10.3. The molecule has 1 aliphatic rings. The minimum atomic E-state index is -0.913. The summed E-state index contributed by atoms with van der Waals surface area (Å²) in [6.07, 6.45) is 6.08. The second kappa shape index (κ2) is 4.49. The van der Waals surface area contributed by atoms with Gasteiger partial charge in [0.2, 0.25) is 0 Å². The zero-order chi connectivity index (χ0) is 10.7. The fraction of sp³-hybridized carbons (Fsp3) is 0.364. The second-order valence-electron chi connectivity index (χ2n) is 3.58.